The van der Waals surface area contributed by atoms with Gasteiger partial charge in [0.15, 0.2) is 0 Å². The molecule has 0 bridgehead atoms. The second-order valence-corrected chi connectivity index (χ2v) is 7.17. The number of rotatable bonds is 6. The summed E-state index contributed by atoms with van der Waals surface area (Å²) in [4.78, 5) is 2.53. The summed E-state index contributed by atoms with van der Waals surface area (Å²) in [5.41, 5.74) is 0.336. The van der Waals surface area contributed by atoms with Gasteiger partial charge in [-0.05, 0) is 42.7 Å². The summed E-state index contributed by atoms with van der Waals surface area (Å²) >= 11 is 5.21. The number of hydrogen-bond acceptors (Lipinski definition) is 3. The molecule has 1 heterocycles. The molecule has 0 unspecified atom stereocenters. The summed E-state index contributed by atoms with van der Waals surface area (Å²) in [5.74, 6) is 0. The Morgan fingerprint density at radius 3 is 2.35 bits per heavy atom. The summed E-state index contributed by atoms with van der Waals surface area (Å²) < 4.78 is 0.960. The molecule has 2 nitrogen and oxygen atoms in total. The van der Waals surface area contributed by atoms with Crippen molar-refractivity contribution < 1.29 is 10.2 Å². The quantitative estimate of drug-likeness (QED) is 0.832. The van der Waals surface area contributed by atoms with Crippen LogP contribution in [0.3, 0.4) is 0 Å². The smallest absolute Gasteiger partial charge is 0.0553 e. The van der Waals surface area contributed by atoms with E-state index >= 15 is 0 Å². The van der Waals surface area contributed by atoms with E-state index in [0.29, 0.717) is 6.42 Å². The first-order valence-corrected chi connectivity index (χ1v) is 8.30. The fourth-order valence-electron chi connectivity index (χ4n) is 2.31. The minimum atomic E-state index is -0.625. The number of benzene rings is 1. The zero-order valence-corrected chi connectivity index (χ0v) is 13.9. The molecule has 2 N–H and O–H groups in total. The number of halogens is 1. The van der Waals surface area contributed by atoms with Gasteiger partial charge in [0.2, 0.25) is 0 Å². The number of aryl methyl sites for hydroxylation is 1. The summed E-state index contributed by atoms with van der Waals surface area (Å²) in [5, 5.41) is 19.8. The minimum Gasteiger partial charge on any atom is -0.395 e. The van der Waals surface area contributed by atoms with Gasteiger partial charge in [0.1, 0.15) is 0 Å². The van der Waals surface area contributed by atoms with E-state index in [0.717, 1.165) is 16.5 Å². The van der Waals surface area contributed by atoms with Crippen LogP contribution in [-0.2, 0) is 18.3 Å². The first-order chi connectivity index (χ1) is 9.63. The van der Waals surface area contributed by atoms with Crippen molar-refractivity contribution in [2.75, 3.05) is 13.2 Å². The molecule has 0 radical (unpaired) electrons. The highest BCUT2D eigenvalue weighted by atomic mass is 79.9. The van der Waals surface area contributed by atoms with E-state index in [9.17, 15) is 10.2 Å². The Kier molecular flexibility index (Phi) is 5.38. The Hall–Kier alpha value is -0.680. The molecule has 0 fully saturated rings. The van der Waals surface area contributed by atoms with Gasteiger partial charge in [0.25, 0.3) is 0 Å². The van der Waals surface area contributed by atoms with Gasteiger partial charge >= 0.3 is 0 Å². The van der Waals surface area contributed by atoms with Gasteiger partial charge < -0.3 is 10.2 Å². The average molecular weight is 355 g/mol. The van der Waals surface area contributed by atoms with Crippen molar-refractivity contribution in [2.24, 2.45) is 0 Å². The molecule has 0 spiro atoms. The lowest BCUT2D eigenvalue weighted by Crippen LogP contribution is -2.37. The first-order valence-electron chi connectivity index (χ1n) is 6.69. The largest absolute Gasteiger partial charge is 0.395 e. The van der Waals surface area contributed by atoms with Gasteiger partial charge in [-0.1, -0.05) is 35.0 Å². The molecule has 2 aromatic rings. The Morgan fingerprint density at radius 2 is 1.80 bits per heavy atom. The Morgan fingerprint density at radius 1 is 1.10 bits per heavy atom. The van der Waals surface area contributed by atoms with E-state index in [1.165, 1.54) is 9.75 Å². The van der Waals surface area contributed by atoms with Gasteiger partial charge in [0, 0.05) is 19.6 Å². The van der Waals surface area contributed by atoms with Crippen LogP contribution in [0.4, 0.5) is 0 Å². The molecule has 20 heavy (non-hydrogen) atoms. The van der Waals surface area contributed by atoms with Crippen LogP contribution in [0.1, 0.15) is 22.2 Å². The van der Waals surface area contributed by atoms with Crippen molar-refractivity contribution in [1.82, 2.24) is 0 Å². The Balaban J connectivity index is 2.33. The second kappa shape index (κ2) is 6.85. The summed E-state index contributed by atoms with van der Waals surface area (Å²) in [6, 6.07) is 12.0. The van der Waals surface area contributed by atoms with Crippen molar-refractivity contribution >= 4 is 27.3 Å². The molecule has 0 saturated carbocycles. The van der Waals surface area contributed by atoms with Gasteiger partial charge in [0.05, 0.1) is 13.2 Å². The van der Waals surface area contributed by atoms with E-state index in [2.05, 4.69) is 35.0 Å². The number of aliphatic hydroxyl groups excluding tert-OH is 2. The summed E-state index contributed by atoms with van der Waals surface area (Å²) in [7, 11) is 0. The average Bonchev–Trinajstić information content (AvgIpc) is 2.92. The van der Waals surface area contributed by atoms with Crippen LogP contribution < -0.4 is 0 Å². The van der Waals surface area contributed by atoms with Crippen molar-refractivity contribution in [3.8, 4) is 0 Å². The maximum atomic E-state index is 9.88. The van der Waals surface area contributed by atoms with Crippen LogP contribution in [0.2, 0.25) is 0 Å². The van der Waals surface area contributed by atoms with E-state index in [-0.39, 0.29) is 13.2 Å². The molecule has 0 aliphatic carbocycles. The number of aliphatic hydroxyl groups is 2. The van der Waals surface area contributed by atoms with Crippen molar-refractivity contribution in [3.05, 3.63) is 56.2 Å². The highest BCUT2D eigenvalue weighted by Crippen LogP contribution is 2.32. The first kappa shape index (κ1) is 15.7. The van der Waals surface area contributed by atoms with E-state index in [4.69, 9.17) is 0 Å². The molecule has 1 aromatic carbocycles. The van der Waals surface area contributed by atoms with Crippen molar-refractivity contribution in [3.63, 3.8) is 0 Å². The standard InChI is InChI=1S/C16H19BrO2S/c1-2-14-6-7-15(20-14)9-16(10-18,11-19)12-4-3-5-13(17)8-12/h3-8,18-19H,2,9-11H2,1H3. The molecule has 0 saturated heterocycles. The number of thiophene rings is 1. The molecule has 0 aliphatic rings. The maximum absolute atomic E-state index is 9.88. The van der Waals surface area contributed by atoms with E-state index in [1.807, 2.05) is 24.3 Å². The third kappa shape index (κ3) is 3.31. The van der Waals surface area contributed by atoms with Crippen LogP contribution in [0.15, 0.2) is 40.9 Å². The normalized spacial score (nSPS) is 11.8. The molecular formula is C16H19BrO2S. The van der Waals surface area contributed by atoms with Crippen LogP contribution >= 0.6 is 27.3 Å². The lowest BCUT2D eigenvalue weighted by atomic mass is 9.78. The fourth-order valence-corrected chi connectivity index (χ4v) is 3.81. The summed E-state index contributed by atoms with van der Waals surface area (Å²) in [6.45, 7) is 1.99. The van der Waals surface area contributed by atoms with Gasteiger partial charge in [-0.15, -0.1) is 11.3 Å². The molecular weight excluding hydrogens is 336 g/mol. The predicted molar refractivity (Wildman–Crippen MR) is 87.4 cm³/mol. The highest BCUT2D eigenvalue weighted by molar-refractivity contribution is 9.10. The topological polar surface area (TPSA) is 40.5 Å². The van der Waals surface area contributed by atoms with Crippen molar-refractivity contribution in [2.45, 2.75) is 25.2 Å². The van der Waals surface area contributed by atoms with Gasteiger partial charge in [-0.3, -0.25) is 0 Å². The van der Waals surface area contributed by atoms with Crippen LogP contribution in [0, 0.1) is 0 Å². The molecule has 4 heteroatoms. The molecule has 108 valence electrons. The lowest BCUT2D eigenvalue weighted by Gasteiger charge is -2.30. The molecule has 2 rings (SSSR count). The van der Waals surface area contributed by atoms with E-state index in [1.54, 1.807) is 11.3 Å². The summed E-state index contributed by atoms with van der Waals surface area (Å²) in [6.07, 6.45) is 1.67. The number of hydrogen-bond donors (Lipinski definition) is 2. The van der Waals surface area contributed by atoms with Crippen LogP contribution in [-0.4, -0.2) is 23.4 Å². The third-order valence-electron chi connectivity index (χ3n) is 3.62. The minimum absolute atomic E-state index is 0.0701. The Labute approximate surface area is 132 Å². The third-order valence-corrected chi connectivity index (χ3v) is 5.34. The predicted octanol–water partition coefficient (Wildman–Crippen LogP) is 3.54. The van der Waals surface area contributed by atoms with Crippen LogP contribution in [0.25, 0.3) is 0 Å². The van der Waals surface area contributed by atoms with Crippen LogP contribution in [0.5, 0.6) is 0 Å². The molecule has 0 atom stereocenters. The van der Waals surface area contributed by atoms with Crippen molar-refractivity contribution in [1.29, 1.82) is 0 Å². The van der Waals surface area contributed by atoms with Gasteiger partial charge in [-0.2, -0.15) is 0 Å². The maximum Gasteiger partial charge on any atom is 0.0553 e. The fraction of sp³-hybridized carbons (Fsp3) is 0.375. The zero-order chi connectivity index (χ0) is 14.6. The SMILES string of the molecule is CCc1ccc(CC(CO)(CO)c2cccc(Br)c2)s1. The molecule has 0 amide bonds. The van der Waals surface area contributed by atoms with E-state index < -0.39 is 5.41 Å². The lowest BCUT2D eigenvalue weighted by molar-refractivity contribution is 0.117. The Bertz CT molecular complexity index is 561. The highest BCUT2D eigenvalue weighted by Gasteiger charge is 2.32. The monoisotopic (exact) mass is 354 g/mol. The second-order valence-electron chi connectivity index (χ2n) is 5.01. The van der Waals surface area contributed by atoms with Gasteiger partial charge in [-0.25, -0.2) is 0 Å². The zero-order valence-electron chi connectivity index (χ0n) is 11.5. The molecule has 0 aliphatic heterocycles. The molecule has 1 aromatic heterocycles.